The lowest BCUT2D eigenvalue weighted by Crippen LogP contribution is -2.11. The van der Waals surface area contributed by atoms with Gasteiger partial charge in [0, 0.05) is 17.2 Å². The molecule has 128 valence electrons. The van der Waals surface area contributed by atoms with Crippen LogP contribution in [0.25, 0.3) is 10.9 Å². The second-order valence-corrected chi connectivity index (χ2v) is 6.00. The monoisotopic (exact) mass is 329 g/mol. The maximum atomic E-state index is 11.3. The second-order valence-electron chi connectivity index (χ2n) is 6.00. The molecule has 24 heavy (non-hydrogen) atoms. The lowest BCUT2D eigenvalue weighted by atomic mass is 9.96. The third-order valence-corrected chi connectivity index (χ3v) is 3.67. The van der Waals surface area contributed by atoms with E-state index in [1.54, 1.807) is 13.1 Å². The third kappa shape index (κ3) is 4.11. The minimum atomic E-state index is -0.417. The number of hydrogen-bond acceptors (Lipinski definition) is 5. The number of carbonyl (C=O) groups excluding carboxylic acids is 1. The molecule has 0 aliphatic rings. The summed E-state index contributed by atoms with van der Waals surface area (Å²) in [5.74, 6) is -0.0219. The zero-order valence-electron chi connectivity index (χ0n) is 14.3. The number of aromatic hydroxyl groups is 1. The zero-order chi connectivity index (χ0) is 17.7. The minimum Gasteiger partial charge on any atom is -0.505 e. The van der Waals surface area contributed by atoms with Crippen LogP contribution in [0.5, 0.6) is 5.75 Å². The van der Waals surface area contributed by atoms with E-state index >= 15 is 0 Å². The Kier molecular flexibility index (Phi) is 5.93. The van der Waals surface area contributed by atoms with E-state index in [2.05, 4.69) is 11.6 Å². The van der Waals surface area contributed by atoms with E-state index in [0.717, 1.165) is 16.5 Å². The molecule has 0 fully saturated rings. The predicted octanol–water partition coefficient (Wildman–Crippen LogP) is 3.70. The lowest BCUT2D eigenvalue weighted by Gasteiger charge is -2.15. The maximum Gasteiger partial charge on any atom is 0.333 e. The average Bonchev–Trinajstić information content (AvgIpc) is 2.55. The zero-order valence-corrected chi connectivity index (χ0v) is 14.3. The van der Waals surface area contributed by atoms with E-state index in [9.17, 15) is 9.90 Å². The van der Waals surface area contributed by atoms with E-state index < -0.39 is 5.97 Å². The van der Waals surface area contributed by atoms with Gasteiger partial charge in [-0.15, -0.1) is 0 Å². The molecule has 5 nitrogen and oxygen atoms in total. The molecular formula is C19H23NO4. The van der Waals surface area contributed by atoms with Gasteiger partial charge >= 0.3 is 5.97 Å². The van der Waals surface area contributed by atoms with Gasteiger partial charge in [-0.05, 0) is 36.1 Å². The van der Waals surface area contributed by atoms with E-state index in [1.165, 1.54) is 0 Å². The summed E-state index contributed by atoms with van der Waals surface area (Å²) in [5.41, 5.74) is 2.74. The molecule has 1 aromatic heterocycles. The molecule has 1 N–H and O–H groups in total. The first-order valence-corrected chi connectivity index (χ1v) is 7.91. The van der Waals surface area contributed by atoms with Crippen LogP contribution in [0.15, 0.2) is 36.5 Å². The number of pyridine rings is 1. The van der Waals surface area contributed by atoms with Crippen LogP contribution in [0.4, 0.5) is 0 Å². The summed E-state index contributed by atoms with van der Waals surface area (Å²) in [4.78, 5) is 15.6. The van der Waals surface area contributed by atoms with Gasteiger partial charge in [0.25, 0.3) is 0 Å². The Morgan fingerprint density at radius 2 is 2.12 bits per heavy atom. The number of phenolic OH excluding ortho intramolecular Hbond substituents is 1. The molecule has 1 heterocycles. The largest absolute Gasteiger partial charge is 0.505 e. The van der Waals surface area contributed by atoms with E-state index in [1.807, 2.05) is 32.0 Å². The minimum absolute atomic E-state index is 0.173. The van der Waals surface area contributed by atoms with Crippen molar-refractivity contribution >= 4 is 16.9 Å². The molecule has 0 saturated carbocycles. The SMILES string of the molecule is C=C(C)C(=O)OCCOCc1cc(C(C)C)c(O)c2ncccc12. The van der Waals surface area contributed by atoms with Crippen molar-refractivity contribution in [1.82, 2.24) is 4.98 Å². The van der Waals surface area contributed by atoms with Crippen molar-refractivity contribution in [2.45, 2.75) is 33.3 Å². The Morgan fingerprint density at radius 3 is 2.79 bits per heavy atom. The summed E-state index contributed by atoms with van der Waals surface area (Å²) in [6, 6.07) is 5.69. The molecule has 0 radical (unpaired) electrons. The van der Waals surface area contributed by atoms with E-state index in [0.29, 0.717) is 24.3 Å². The van der Waals surface area contributed by atoms with Crippen LogP contribution < -0.4 is 0 Å². The third-order valence-electron chi connectivity index (χ3n) is 3.67. The number of fused-ring (bicyclic) bond motifs is 1. The summed E-state index contributed by atoms with van der Waals surface area (Å²) < 4.78 is 10.6. The fourth-order valence-electron chi connectivity index (χ4n) is 2.38. The van der Waals surface area contributed by atoms with Crippen LogP contribution in [0.2, 0.25) is 0 Å². The highest BCUT2D eigenvalue weighted by atomic mass is 16.6. The van der Waals surface area contributed by atoms with Crippen molar-refractivity contribution in [2.75, 3.05) is 13.2 Å². The van der Waals surface area contributed by atoms with Gasteiger partial charge in [-0.3, -0.25) is 4.98 Å². The summed E-state index contributed by atoms with van der Waals surface area (Å²) in [7, 11) is 0. The highest BCUT2D eigenvalue weighted by molar-refractivity contribution is 5.88. The van der Waals surface area contributed by atoms with E-state index in [-0.39, 0.29) is 18.3 Å². The standard InChI is InChI=1S/C19H23NO4/c1-12(2)16-10-14(11-23-8-9-24-19(22)13(3)4)15-6-5-7-20-17(15)18(16)21/h5-7,10,12,21H,3,8-9,11H2,1-2,4H3. The van der Waals surface area contributed by atoms with Crippen LogP contribution in [-0.2, 0) is 20.9 Å². The number of esters is 1. The molecule has 0 aliphatic heterocycles. The Labute approximate surface area is 141 Å². The van der Waals surface area contributed by atoms with Crippen molar-refractivity contribution in [3.63, 3.8) is 0 Å². The molecule has 0 bridgehead atoms. The number of phenols is 1. The summed E-state index contributed by atoms with van der Waals surface area (Å²) in [5, 5.41) is 11.3. The number of nitrogens with zero attached hydrogens (tertiary/aromatic N) is 1. The summed E-state index contributed by atoms with van der Waals surface area (Å²) in [6.07, 6.45) is 1.66. The highest BCUT2D eigenvalue weighted by Gasteiger charge is 2.14. The average molecular weight is 329 g/mol. The molecule has 1 aromatic carbocycles. The number of carbonyl (C=O) groups is 1. The second kappa shape index (κ2) is 7.93. The van der Waals surface area contributed by atoms with Crippen LogP contribution >= 0.6 is 0 Å². The van der Waals surface area contributed by atoms with Crippen LogP contribution in [0, 0.1) is 0 Å². The van der Waals surface area contributed by atoms with Gasteiger partial charge in [-0.25, -0.2) is 4.79 Å². The topological polar surface area (TPSA) is 68.7 Å². The van der Waals surface area contributed by atoms with Crippen molar-refractivity contribution < 1.29 is 19.4 Å². The molecule has 5 heteroatoms. The molecule has 2 aromatic rings. The molecule has 0 spiro atoms. The van der Waals surface area contributed by atoms with Gasteiger partial charge in [0.05, 0.1) is 13.2 Å². The molecule has 0 aliphatic carbocycles. The lowest BCUT2D eigenvalue weighted by molar-refractivity contribution is -0.140. The Hall–Kier alpha value is -2.40. The van der Waals surface area contributed by atoms with Gasteiger partial charge < -0.3 is 14.6 Å². The number of hydrogen-bond donors (Lipinski definition) is 1. The van der Waals surface area contributed by atoms with Crippen molar-refractivity contribution in [2.24, 2.45) is 0 Å². The Bertz CT molecular complexity index is 752. The first kappa shape index (κ1) is 17.9. The first-order chi connectivity index (χ1) is 11.4. The van der Waals surface area contributed by atoms with Crippen molar-refractivity contribution in [3.05, 3.63) is 47.7 Å². The molecular weight excluding hydrogens is 306 g/mol. The maximum absolute atomic E-state index is 11.3. The van der Waals surface area contributed by atoms with Gasteiger partial charge in [-0.2, -0.15) is 0 Å². The number of rotatable bonds is 7. The van der Waals surface area contributed by atoms with Crippen LogP contribution in [-0.4, -0.2) is 29.3 Å². The number of ether oxygens (including phenoxy) is 2. The molecule has 0 saturated heterocycles. The van der Waals surface area contributed by atoms with E-state index in [4.69, 9.17) is 9.47 Å². The van der Waals surface area contributed by atoms with Crippen LogP contribution in [0.1, 0.15) is 37.8 Å². The van der Waals surface area contributed by atoms with Crippen molar-refractivity contribution in [1.29, 1.82) is 0 Å². The predicted molar refractivity (Wildman–Crippen MR) is 92.9 cm³/mol. The highest BCUT2D eigenvalue weighted by Crippen LogP contribution is 2.34. The van der Waals surface area contributed by atoms with Crippen molar-refractivity contribution in [3.8, 4) is 5.75 Å². The molecule has 0 amide bonds. The van der Waals surface area contributed by atoms with Gasteiger partial charge in [0.1, 0.15) is 17.9 Å². The van der Waals surface area contributed by atoms with Gasteiger partial charge in [0.15, 0.2) is 0 Å². The Morgan fingerprint density at radius 1 is 1.38 bits per heavy atom. The Balaban J connectivity index is 2.10. The smallest absolute Gasteiger partial charge is 0.333 e. The quantitative estimate of drug-likeness (QED) is 0.476. The summed E-state index contributed by atoms with van der Waals surface area (Å²) >= 11 is 0. The normalized spacial score (nSPS) is 11.0. The fourth-order valence-corrected chi connectivity index (χ4v) is 2.38. The fraction of sp³-hybridized carbons (Fsp3) is 0.368. The molecule has 0 unspecified atom stereocenters. The first-order valence-electron chi connectivity index (χ1n) is 7.91. The number of benzene rings is 1. The van der Waals surface area contributed by atoms with Crippen LogP contribution in [0.3, 0.4) is 0 Å². The van der Waals surface area contributed by atoms with Gasteiger partial charge in [-0.1, -0.05) is 26.5 Å². The molecule has 0 atom stereocenters. The van der Waals surface area contributed by atoms with Gasteiger partial charge in [0.2, 0.25) is 0 Å². The molecule has 2 rings (SSSR count). The number of aromatic nitrogens is 1. The summed E-state index contributed by atoms with van der Waals surface area (Å²) in [6.45, 7) is 9.99.